The molecular weight excluding hydrogens is 212 g/mol. The third-order valence-corrected chi connectivity index (χ3v) is 2.86. The molecule has 3 heteroatoms. The second-order valence-corrected chi connectivity index (χ2v) is 4.40. The molecular formula is C14H24N2O. The molecule has 0 aliphatic carbocycles. The van der Waals surface area contributed by atoms with Crippen molar-refractivity contribution < 1.29 is 4.74 Å². The molecule has 0 spiro atoms. The first-order chi connectivity index (χ1) is 8.26. The lowest BCUT2D eigenvalue weighted by molar-refractivity contribution is 0.224. The second-order valence-electron chi connectivity index (χ2n) is 4.40. The largest absolute Gasteiger partial charge is 0.497 e. The zero-order valence-electron chi connectivity index (χ0n) is 11.0. The first-order valence-corrected chi connectivity index (χ1v) is 6.24. The van der Waals surface area contributed by atoms with Crippen molar-refractivity contribution in [2.45, 2.75) is 6.92 Å². The predicted molar refractivity (Wildman–Crippen MR) is 72.9 cm³/mol. The average molecular weight is 236 g/mol. The molecule has 1 aliphatic heterocycles. The Bertz CT molecular complexity index is 278. The van der Waals surface area contributed by atoms with Crippen LogP contribution < -0.4 is 5.32 Å². The van der Waals surface area contributed by atoms with Crippen LogP contribution in [0.5, 0.6) is 0 Å². The Labute approximate surface area is 105 Å². The van der Waals surface area contributed by atoms with E-state index >= 15 is 0 Å². The number of hydrogen-bond acceptors (Lipinski definition) is 3. The number of rotatable bonds is 6. The number of hydrogen-bond donors (Lipinski definition) is 1. The molecule has 96 valence electrons. The van der Waals surface area contributed by atoms with E-state index in [9.17, 15) is 0 Å². The normalized spacial score (nSPS) is 20.5. The van der Waals surface area contributed by atoms with Crippen molar-refractivity contribution in [3.05, 3.63) is 36.6 Å². The Morgan fingerprint density at radius 3 is 2.76 bits per heavy atom. The summed E-state index contributed by atoms with van der Waals surface area (Å²) in [5.74, 6) is 1.39. The molecule has 1 heterocycles. The molecule has 1 atom stereocenters. The van der Waals surface area contributed by atoms with Gasteiger partial charge in [-0.25, -0.2) is 0 Å². The van der Waals surface area contributed by atoms with E-state index in [1.54, 1.807) is 13.2 Å². The van der Waals surface area contributed by atoms with Crippen LogP contribution in [-0.2, 0) is 4.74 Å². The second kappa shape index (κ2) is 8.09. The third-order valence-electron chi connectivity index (χ3n) is 2.86. The summed E-state index contributed by atoms with van der Waals surface area (Å²) in [5.41, 5.74) is 0. The molecule has 0 saturated carbocycles. The molecule has 3 nitrogen and oxygen atoms in total. The van der Waals surface area contributed by atoms with Gasteiger partial charge in [-0.2, -0.15) is 0 Å². The fraction of sp³-hybridized carbons (Fsp3) is 0.571. The van der Waals surface area contributed by atoms with Gasteiger partial charge in [-0.1, -0.05) is 25.7 Å². The molecule has 0 amide bonds. The van der Waals surface area contributed by atoms with Crippen LogP contribution in [0, 0.1) is 5.92 Å². The van der Waals surface area contributed by atoms with Gasteiger partial charge in [-0.15, -0.1) is 0 Å². The summed E-state index contributed by atoms with van der Waals surface area (Å²) >= 11 is 0. The van der Waals surface area contributed by atoms with Gasteiger partial charge >= 0.3 is 0 Å². The summed E-state index contributed by atoms with van der Waals surface area (Å²) in [6, 6.07) is 0. The number of nitrogens with one attached hydrogen (secondary N) is 1. The van der Waals surface area contributed by atoms with Crippen molar-refractivity contribution in [3.8, 4) is 0 Å². The van der Waals surface area contributed by atoms with Gasteiger partial charge < -0.3 is 15.0 Å². The highest BCUT2D eigenvalue weighted by Gasteiger charge is 2.11. The monoisotopic (exact) mass is 236 g/mol. The molecule has 1 fully saturated rings. The van der Waals surface area contributed by atoms with Crippen LogP contribution >= 0.6 is 0 Å². The van der Waals surface area contributed by atoms with E-state index in [2.05, 4.69) is 29.8 Å². The quantitative estimate of drug-likeness (QED) is 0.562. The minimum atomic E-state index is 0.538. The van der Waals surface area contributed by atoms with Crippen LogP contribution in [-0.4, -0.2) is 44.7 Å². The number of methoxy groups -OCH3 is 1. The molecule has 0 aromatic carbocycles. The zero-order chi connectivity index (χ0) is 12.5. The van der Waals surface area contributed by atoms with Crippen LogP contribution in [0.15, 0.2) is 36.6 Å². The fourth-order valence-electron chi connectivity index (χ4n) is 1.93. The molecule has 1 unspecified atom stereocenters. The topological polar surface area (TPSA) is 24.5 Å². The summed E-state index contributed by atoms with van der Waals surface area (Å²) < 4.78 is 5.21. The van der Waals surface area contributed by atoms with E-state index in [1.807, 2.05) is 12.2 Å². The Morgan fingerprint density at radius 1 is 1.47 bits per heavy atom. The highest BCUT2D eigenvalue weighted by Crippen LogP contribution is 2.06. The van der Waals surface area contributed by atoms with E-state index < -0.39 is 0 Å². The molecule has 0 bridgehead atoms. The minimum Gasteiger partial charge on any atom is -0.497 e. The van der Waals surface area contributed by atoms with Crippen LogP contribution in [0.2, 0.25) is 0 Å². The zero-order valence-corrected chi connectivity index (χ0v) is 11.0. The molecule has 1 rings (SSSR count). The SMILES string of the molecule is C=C/C=C(\C=C/C(C)CN1CCNCC1)OC. The maximum Gasteiger partial charge on any atom is 0.118 e. The van der Waals surface area contributed by atoms with Crippen molar-refractivity contribution in [1.29, 1.82) is 0 Å². The van der Waals surface area contributed by atoms with Crippen molar-refractivity contribution in [3.63, 3.8) is 0 Å². The highest BCUT2D eigenvalue weighted by molar-refractivity contribution is 5.17. The summed E-state index contributed by atoms with van der Waals surface area (Å²) in [7, 11) is 1.68. The van der Waals surface area contributed by atoms with Crippen LogP contribution in [0.1, 0.15) is 6.92 Å². The van der Waals surface area contributed by atoms with E-state index in [1.165, 1.54) is 0 Å². The van der Waals surface area contributed by atoms with Gasteiger partial charge in [0.15, 0.2) is 0 Å². The lowest BCUT2D eigenvalue weighted by atomic mass is 10.1. The summed E-state index contributed by atoms with van der Waals surface area (Å²) in [5, 5.41) is 3.36. The fourth-order valence-corrected chi connectivity index (χ4v) is 1.93. The van der Waals surface area contributed by atoms with Gasteiger partial charge in [-0.05, 0) is 18.1 Å². The van der Waals surface area contributed by atoms with Crippen molar-refractivity contribution in [2.24, 2.45) is 5.92 Å². The smallest absolute Gasteiger partial charge is 0.118 e. The lowest BCUT2D eigenvalue weighted by Gasteiger charge is -2.28. The standard InChI is InChI=1S/C14H24N2O/c1-4-5-14(17-3)7-6-13(2)12-16-10-8-15-9-11-16/h4-7,13,15H,1,8-12H2,2-3H3/b7-6-,14-5+. The number of ether oxygens (including phenoxy) is 1. The number of nitrogens with zero attached hydrogens (tertiary/aromatic N) is 1. The van der Waals surface area contributed by atoms with Gasteiger partial charge in [0.2, 0.25) is 0 Å². The molecule has 1 saturated heterocycles. The van der Waals surface area contributed by atoms with Crippen molar-refractivity contribution in [1.82, 2.24) is 10.2 Å². The first kappa shape index (κ1) is 14.0. The van der Waals surface area contributed by atoms with E-state index in [-0.39, 0.29) is 0 Å². The predicted octanol–water partition coefficient (Wildman–Crippen LogP) is 1.80. The first-order valence-electron chi connectivity index (χ1n) is 6.24. The van der Waals surface area contributed by atoms with Crippen LogP contribution in [0.25, 0.3) is 0 Å². The average Bonchev–Trinajstić information content (AvgIpc) is 2.35. The van der Waals surface area contributed by atoms with Gasteiger partial charge in [0.05, 0.1) is 7.11 Å². The number of piperazine rings is 1. The Morgan fingerprint density at radius 2 is 2.18 bits per heavy atom. The van der Waals surface area contributed by atoms with Gasteiger partial charge in [0.25, 0.3) is 0 Å². The van der Waals surface area contributed by atoms with Gasteiger partial charge in [0, 0.05) is 32.7 Å². The van der Waals surface area contributed by atoms with Gasteiger partial charge in [0.1, 0.15) is 5.76 Å². The molecule has 0 aromatic rings. The summed E-state index contributed by atoms with van der Waals surface area (Å²) in [6.45, 7) is 11.5. The maximum atomic E-state index is 5.21. The number of allylic oxidation sites excluding steroid dienone is 3. The van der Waals surface area contributed by atoms with E-state index in [0.717, 1.165) is 38.5 Å². The summed E-state index contributed by atoms with van der Waals surface area (Å²) in [6.07, 6.45) is 7.83. The van der Waals surface area contributed by atoms with E-state index in [0.29, 0.717) is 5.92 Å². The summed E-state index contributed by atoms with van der Waals surface area (Å²) in [4.78, 5) is 2.50. The van der Waals surface area contributed by atoms with Gasteiger partial charge in [-0.3, -0.25) is 0 Å². The Hall–Kier alpha value is -1.06. The van der Waals surface area contributed by atoms with Crippen LogP contribution in [0.3, 0.4) is 0 Å². The lowest BCUT2D eigenvalue weighted by Crippen LogP contribution is -2.44. The third kappa shape index (κ3) is 5.71. The molecule has 1 N–H and O–H groups in total. The Balaban J connectivity index is 2.36. The maximum absolute atomic E-state index is 5.21. The highest BCUT2D eigenvalue weighted by atomic mass is 16.5. The van der Waals surface area contributed by atoms with E-state index in [4.69, 9.17) is 4.74 Å². The van der Waals surface area contributed by atoms with Crippen molar-refractivity contribution >= 4 is 0 Å². The van der Waals surface area contributed by atoms with Crippen LogP contribution in [0.4, 0.5) is 0 Å². The molecule has 0 aromatic heterocycles. The molecule has 1 aliphatic rings. The molecule has 17 heavy (non-hydrogen) atoms. The molecule has 0 radical (unpaired) electrons. The minimum absolute atomic E-state index is 0.538. The van der Waals surface area contributed by atoms with Crippen molar-refractivity contribution in [2.75, 3.05) is 39.8 Å². The Kier molecular flexibility index (Phi) is 6.67.